The number of hydrogen-bond acceptors (Lipinski definition) is 7. The van der Waals surface area contributed by atoms with Gasteiger partial charge in [-0.2, -0.15) is 10.2 Å². The molecule has 150 valence electrons. The molecule has 0 aromatic carbocycles. The molecular weight excluding hydrogens is 384 g/mol. The number of aryl methyl sites for hydroxylation is 1. The number of oxazole rings is 1. The van der Waals surface area contributed by atoms with Gasteiger partial charge in [0.25, 0.3) is 11.8 Å². The summed E-state index contributed by atoms with van der Waals surface area (Å²) in [4.78, 5) is 25.3. The fourth-order valence-electron chi connectivity index (χ4n) is 3.57. The SMILES string of the molecule is Cc1ccn2cc(C(=O)N3CCN(c4oc(-c5ccco5)nc4C#N)CC3)nc2c1. The average Bonchev–Trinajstić information content (AvgIpc) is 3.51. The zero-order valence-corrected chi connectivity index (χ0v) is 16.3. The predicted molar refractivity (Wildman–Crippen MR) is 107 cm³/mol. The smallest absolute Gasteiger partial charge is 0.274 e. The number of carbonyl (C=O) groups is 1. The number of imidazole rings is 1. The number of amides is 1. The van der Waals surface area contributed by atoms with Crippen LogP contribution in [0.25, 0.3) is 17.3 Å². The van der Waals surface area contributed by atoms with Gasteiger partial charge in [0.15, 0.2) is 5.76 Å². The zero-order chi connectivity index (χ0) is 20.7. The first-order valence-corrected chi connectivity index (χ1v) is 9.57. The molecule has 1 fully saturated rings. The van der Waals surface area contributed by atoms with Gasteiger partial charge in [0.1, 0.15) is 17.4 Å². The van der Waals surface area contributed by atoms with Crippen LogP contribution in [0, 0.1) is 18.3 Å². The number of pyridine rings is 1. The molecule has 0 N–H and O–H groups in total. The number of furan rings is 1. The Kier molecular flexibility index (Phi) is 4.25. The molecule has 9 nitrogen and oxygen atoms in total. The van der Waals surface area contributed by atoms with Crippen LogP contribution in [0.5, 0.6) is 0 Å². The molecule has 0 aliphatic carbocycles. The molecule has 0 unspecified atom stereocenters. The molecule has 0 spiro atoms. The van der Waals surface area contributed by atoms with E-state index in [9.17, 15) is 10.1 Å². The van der Waals surface area contributed by atoms with Crippen molar-refractivity contribution in [1.82, 2.24) is 19.3 Å². The summed E-state index contributed by atoms with van der Waals surface area (Å²) in [6, 6.07) is 9.45. The van der Waals surface area contributed by atoms with Crippen molar-refractivity contribution < 1.29 is 13.6 Å². The van der Waals surface area contributed by atoms with E-state index in [2.05, 4.69) is 16.0 Å². The number of piperazine rings is 1. The molecule has 0 radical (unpaired) electrons. The Balaban J connectivity index is 1.31. The fourth-order valence-corrected chi connectivity index (χ4v) is 3.57. The Morgan fingerprint density at radius 3 is 2.77 bits per heavy atom. The van der Waals surface area contributed by atoms with Crippen molar-refractivity contribution in [3.05, 3.63) is 59.9 Å². The van der Waals surface area contributed by atoms with Crippen molar-refractivity contribution in [2.45, 2.75) is 6.92 Å². The van der Waals surface area contributed by atoms with E-state index in [0.29, 0.717) is 43.5 Å². The lowest BCUT2D eigenvalue weighted by Gasteiger charge is -2.34. The topological polar surface area (TPSA) is 104 Å². The van der Waals surface area contributed by atoms with Crippen LogP contribution in [0.1, 0.15) is 21.7 Å². The van der Waals surface area contributed by atoms with Gasteiger partial charge in [-0.05, 0) is 36.8 Å². The van der Waals surface area contributed by atoms with E-state index in [1.807, 2.05) is 34.6 Å². The molecule has 1 saturated heterocycles. The van der Waals surface area contributed by atoms with E-state index < -0.39 is 0 Å². The third kappa shape index (κ3) is 3.08. The molecule has 4 aromatic heterocycles. The summed E-state index contributed by atoms with van der Waals surface area (Å²) < 4.78 is 13.0. The first-order valence-electron chi connectivity index (χ1n) is 9.57. The van der Waals surface area contributed by atoms with Crippen molar-refractivity contribution >= 4 is 17.4 Å². The Bertz CT molecular complexity index is 1260. The van der Waals surface area contributed by atoms with Gasteiger partial charge in [-0.1, -0.05) is 0 Å². The normalized spacial score (nSPS) is 14.3. The van der Waals surface area contributed by atoms with Crippen LogP contribution in [0.2, 0.25) is 0 Å². The summed E-state index contributed by atoms with van der Waals surface area (Å²) in [5.41, 5.74) is 2.47. The molecule has 9 heteroatoms. The summed E-state index contributed by atoms with van der Waals surface area (Å²) in [6.07, 6.45) is 5.18. The van der Waals surface area contributed by atoms with Gasteiger partial charge in [-0.25, -0.2) is 4.98 Å². The monoisotopic (exact) mass is 402 g/mol. The molecular formula is C21H18N6O3. The highest BCUT2D eigenvalue weighted by molar-refractivity contribution is 5.93. The number of nitrogens with zero attached hydrogens (tertiary/aromatic N) is 6. The Hall–Kier alpha value is -4.06. The highest BCUT2D eigenvalue weighted by Gasteiger charge is 2.28. The highest BCUT2D eigenvalue weighted by Crippen LogP contribution is 2.29. The first kappa shape index (κ1) is 18.0. The van der Waals surface area contributed by atoms with Gasteiger partial charge >= 0.3 is 0 Å². The minimum absolute atomic E-state index is 0.106. The highest BCUT2D eigenvalue weighted by atomic mass is 16.4. The molecule has 5 rings (SSSR count). The van der Waals surface area contributed by atoms with Crippen molar-refractivity contribution in [2.75, 3.05) is 31.1 Å². The van der Waals surface area contributed by atoms with Gasteiger partial charge in [0, 0.05) is 38.6 Å². The Labute approximate surface area is 171 Å². The summed E-state index contributed by atoms with van der Waals surface area (Å²) in [5, 5.41) is 9.43. The number of rotatable bonds is 3. The van der Waals surface area contributed by atoms with E-state index in [-0.39, 0.29) is 17.5 Å². The number of nitriles is 1. The maximum Gasteiger partial charge on any atom is 0.274 e. The molecule has 1 aliphatic heterocycles. The predicted octanol–water partition coefficient (Wildman–Crippen LogP) is 2.72. The molecule has 0 saturated carbocycles. The van der Waals surface area contributed by atoms with Crippen LogP contribution in [0.15, 0.2) is 51.8 Å². The lowest BCUT2D eigenvalue weighted by atomic mass is 10.2. The molecule has 1 amide bonds. The van der Waals surface area contributed by atoms with Crippen LogP contribution >= 0.6 is 0 Å². The Morgan fingerprint density at radius 1 is 1.20 bits per heavy atom. The lowest BCUT2D eigenvalue weighted by molar-refractivity contribution is 0.0740. The largest absolute Gasteiger partial charge is 0.459 e. The third-order valence-electron chi connectivity index (χ3n) is 5.14. The van der Waals surface area contributed by atoms with Gasteiger partial charge in [0.2, 0.25) is 11.6 Å². The summed E-state index contributed by atoms with van der Waals surface area (Å²) in [6.45, 7) is 4.03. The van der Waals surface area contributed by atoms with Gasteiger partial charge in [-0.3, -0.25) is 4.79 Å². The second kappa shape index (κ2) is 7.08. The number of carbonyl (C=O) groups excluding carboxylic acids is 1. The van der Waals surface area contributed by atoms with Crippen LogP contribution in [0.4, 0.5) is 5.88 Å². The third-order valence-corrected chi connectivity index (χ3v) is 5.14. The molecule has 30 heavy (non-hydrogen) atoms. The molecule has 5 heterocycles. The molecule has 0 bridgehead atoms. The van der Waals surface area contributed by atoms with Crippen LogP contribution in [-0.4, -0.2) is 51.4 Å². The number of hydrogen-bond donors (Lipinski definition) is 0. The van der Waals surface area contributed by atoms with Crippen molar-refractivity contribution in [3.8, 4) is 17.7 Å². The second-order valence-electron chi connectivity index (χ2n) is 7.14. The molecule has 4 aromatic rings. The van der Waals surface area contributed by atoms with Crippen LogP contribution < -0.4 is 4.90 Å². The number of aromatic nitrogens is 3. The second-order valence-corrected chi connectivity index (χ2v) is 7.14. The maximum absolute atomic E-state index is 12.9. The standard InChI is InChI=1S/C21H18N6O3/c1-14-4-5-27-13-16(23-18(27)11-14)20(28)25-6-8-26(9-7-25)21-15(12-22)24-19(30-21)17-3-2-10-29-17/h2-5,10-11,13H,6-9H2,1H3. The van der Waals surface area contributed by atoms with E-state index in [1.165, 1.54) is 6.26 Å². The number of anilines is 1. The zero-order valence-electron chi connectivity index (χ0n) is 16.3. The fraction of sp³-hybridized carbons (Fsp3) is 0.238. The summed E-state index contributed by atoms with van der Waals surface area (Å²) >= 11 is 0. The Morgan fingerprint density at radius 2 is 2.03 bits per heavy atom. The quantitative estimate of drug-likeness (QED) is 0.519. The van der Waals surface area contributed by atoms with E-state index in [0.717, 1.165) is 11.2 Å². The van der Waals surface area contributed by atoms with Gasteiger partial charge < -0.3 is 23.0 Å². The average molecular weight is 402 g/mol. The summed E-state index contributed by atoms with van der Waals surface area (Å²) in [7, 11) is 0. The minimum Gasteiger partial charge on any atom is -0.459 e. The van der Waals surface area contributed by atoms with Crippen molar-refractivity contribution in [2.24, 2.45) is 0 Å². The molecule has 1 aliphatic rings. The van der Waals surface area contributed by atoms with Crippen molar-refractivity contribution in [1.29, 1.82) is 5.26 Å². The lowest BCUT2D eigenvalue weighted by Crippen LogP contribution is -2.49. The van der Waals surface area contributed by atoms with Gasteiger partial charge in [0.05, 0.1) is 6.26 Å². The van der Waals surface area contributed by atoms with E-state index >= 15 is 0 Å². The van der Waals surface area contributed by atoms with Crippen molar-refractivity contribution in [3.63, 3.8) is 0 Å². The first-order chi connectivity index (χ1) is 14.6. The minimum atomic E-state index is -0.106. The van der Waals surface area contributed by atoms with Gasteiger partial charge in [-0.15, -0.1) is 0 Å². The van der Waals surface area contributed by atoms with Crippen LogP contribution in [-0.2, 0) is 0 Å². The van der Waals surface area contributed by atoms with Crippen LogP contribution in [0.3, 0.4) is 0 Å². The van der Waals surface area contributed by atoms with E-state index in [4.69, 9.17) is 8.83 Å². The summed E-state index contributed by atoms with van der Waals surface area (Å²) in [5.74, 6) is 1.03. The van der Waals surface area contributed by atoms with E-state index in [1.54, 1.807) is 23.2 Å². The molecule has 0 atom stereocenters. The maximum atomic E-state index is 12.9. The number of fused-ring (bicyclic) bond motifs is 1.